The highest BCUT2D eigenvalue weighted by Crippen LogP contribution is 2.16. The first-order valence-electron chi connectivity index (χ1n) is 6.96. The van der Waals surface area contributed by atoms with Gasteiger partial charge in [-0.2, -0.15) is 0 Å². The molecule has 0 saturated carbocycles. The second kappa shape index (κ2) is 8.19. The van der Waals surface area contributed by atoms with Crippen LogP contribution in [0.2, 0.25) is 0 Å². The zero-order valence-electron chi connectivity index (χ0n) is 12.2. The molecule has 2 N–H and O–H groups in total. The zero-order chi connectivity index (χ0) is 15.9. The summed E-state index contributed by atoms with van der Waals surface area (Å²) >= 11 is 8.63. The van der Waals surface area contributed by atoms with Gasteiger partial charge in [0.25, 0.3) is 0 Å². The monoisotopic (exact) mass is 381 g/mol. The van der Waals surface area contributed by atoms with E-state index in [-0.39, 0.29) is 5.82 Å². The molecule has 2 rings (SSSR count). The summed E-state index contributed by atoms with van der Waals surface area (Å²) in [6.45, 7) is 2.72. The van der Waals surface area contributed by atoms with Crippen LogP contribution in [0.1, 0.15) is 17.5 Å². The van der Waals surface area contributed by atoms with Crippen molar-refractivity contribution in [2.75, 3.05) is 11.9 Å². The van der Waals surface area contributed by atoms with E-state index in [0.29, 0.717) is 5.11 Å². The van der Waals surface area contributed by atoms with Crippen molar-refractivity contribution in [3.8, 4) is 0 Å². The molecule has 1 heterocycles. The molecule has 0 atom stereocenters. The van der Waals surface area contributed by atoms with Crippen molar-refractivity contribution < 1.29 is 4.39 Å². The molecule has 0 fully saturated rings. The Morgan fingerprint density at radius 1 is 1.32 bits per heavy atom. The van der Waals surface area contributed by atoms with E-state index < -0.39 is 0 Å². The maximum atomic E-state index is 12.8. The Labute approximate surface area is 143 Å². The van der Waals surface area contributed by atoms with Crippen LogP contribution in [0.4, 0.5) is 10.2 Å². The number of pyridine rings is 1. The van der Waals surface area contributed by atoms with Crippen LogP contribution in [0, 0.1) is 12.7 Å². The maximum Gasteiger partial charge on any atom is 0.171 e. The number of halogens is 2. The second-order valence-corrected chi connectivity index (χ2v) is 6.25. The van der Waals surface area contributed by atoms with Crippen LogP contribution in [-0.4, -0.2) is 16.6 Å². The largest absolute Gasteiger partial charge is 0.362 e. The smallest absolute Gasteiger partial charge is 0.171 e. The summed E-state index contributed by atoms with van der Waals surface area (Å²) in [5, 5.41) is 6.78. The van der Waals surface area contributed by atoms with Gasteiger partial charge < -0.3 is 10.6 Å². The fraction of sp³-hybridized carbons (Fsp3) is 0.250. The molecular formula is C16H17BrFN3S. The van der Waals surface area contributed by atoms with Gasteiger partial charge in [-0.25, -0.2) is 9.37 Å². The second-order valence-electron chi connectivity index (χ2n) is 4.93. The molecule has 0 unspecified atom stereocenters. The van der Waals surface area contributed by atoms with Crippen LogP contribution in [0.25, 0.3) is 0 Å². The first kappa shape index (κ1) is 16.8. The molecule has 0 radical (unpaired) electrons. The number of thiocarbonyl (C=S) groups is 1. The number of hydrogen-bond donors (Lipinski definition) is 2. The van der Waals surface area contributed by atoms with Gasteiger partial charge in [0.05, 0.1) is 0 Å². The number of nitrogens with zero attached hydrogens (tertiary/aromatic N) is 1. The van der Waals surface area contributed by atoms with E-state index in [2.05, 4.69) is 31.5 Å². The molecule has 0 bridgehead atoms. The first-order valence-corrected chi connectivity index (χ1v) is 8.16. The van der Waals surface area contributed by atoms with Gasteiger partial charge in [-0.15, -0.1) is 0 Å². The van der Waals surface area contributed by atoms with Gasteiger partial charge in [-0.05, 0) is 77.2 Å². The Hall–Kier alpha value is -1.53. The van der Waals surface area contributed by atoms with Crippen molar-refractivity contribution in [2.45, 2.75) is 19.8 Å². The highest BCUT2D eigenvalue weighted by atomic mass is 79.9. The van der Waals surface area contributed by atoms with Crippen LogP contribution in [-0.2, 0) is 6.42 Å². The predicted molar refractivity (Wildman–Crippen MR) is 95.6 cm³/mol. The van der Waals surface area contributed by atoms with Gasteiger partial charge in [0.1, 0.15) is 11.6 Å². The number of rotatable bonds is 5. The summed E-state index contributed by atoms with van der Waals surface area (Å²) < 4.78 is 13.7. The SMILES string of the molecule is Cc1cc(Br)cnc1NC(=S)NCCCc1ccc(F)cc1. The summed E-state index contributed by atoms with van der Waals surface area (Å²) in [6, 6.07) is 8.56. The lowest BCUT2D eigenvalue weighted by Gasteiger charge is -2.11. The quantitative estimate of drug-likeness (QED) is 0.600. The lowest BCUT2D eigenvalue weighted by atomic mass is 10.1. The number of aryl methyl sites for hydroxylation is 2. The Bertz CT molecular complexity index is 646. The van der Waals surface area contributed by atoms with Gasteiger partial charge in [-0.1, -0.05) is 12.1 Å². The lowest BCUT2D eigenvalue weighted by Crippen LogP contribution is -2.30. The summed E-state index contributed by atoms with van der Waals surface area (Å²) in [6.07, 6.45) is 3.53. The first-order chi connectivity index (χ1) is 10.5. The van der Waals surface area contributed by atoms with Crippen LogP contribution in [0.5, 0.6) is 0 Å². The standard InChI is InChI=1S/C16H17BrFN3S/c1-11-9-13(17)10-20-15(11)21-16(22)19-8-2-3-12-4-6-14(18)7-5-12/h4-7,9-10H,2-3,8H2,1H3,(H2,19,20,21,22). The van der Waals surface area contributed by atoms with E-state index in [1.54, 1.807) is 18.3 Å². The van der Waals surface area contributed by atoms with Crippen molar-refractivity contribution >= 4 is 39.1 Å². The van der Waals surface area contributed by atoms with Crippen LogP contribution >= 0.6 is 28.1 Å². The molecule has 0 amide bonds. The fourth-order valence-electron chi connectivity index (χ4n) is 1.97. The van der Waals surface area contributed by atoms with E-state index >= 15 is 0 Å². The van der Waals surface area contributed by atoms with Crippen LogP contribution in [0.15, 0.2) is 41.0 Å². The molecule has 0 saturated heterocycles. The maximum absolute atomic E-state index is 12.8. The third kappa shape index (κ3) is 5.35. The van der Waals surface area contributed by atoms with E-state index in [1.807, 2.05) is 13.0 Å². The molecule has 2 aromatic rings. The minimum atomic E-state index is -0.204. The number of nitrogens with one attached hydrogen (secondary N) is 2. The van der Waals surface area contributed by atoms with E-state index in [4.69, 9.17) is 12.2 Å². The topological polar surface area (TPSA) is 37.0 Å². The van der Waals surface area contributed by atoms with E-state index in [0.717, 1.165) is 40.8 Å². The van der Waals surface area contributed by atoms with Crippen molar-refractivity contribution in [1.82, 2.24) is 10.3 Å². The molecule has 22 heavy (non-hydrogen) atoms. The van der Waals surface area contributed by atoms with Gasteiger partial charge in [0.15, 0.2) is 5.11 Å². The summed E-state index contributed by atoms with van der Waals surface area (Å²) in [7, 11) is 0. The third-order valence-corrected chi connectivity index (χ3v) is 3.80. The summed E-state index contributed by atoms with van der Waals surface area (Å²) in [5.41, 5.74) is 2.14. The zero-order valence-corrected chi connectivity index (χ0v) is 14.6. The number of anilines is 1. The number of benzene rings is 1. The lowest BCUT2D eigenvalue weighted by molar-refractivity contribution is 0.626. The van der Waals surface area contributed by atoms with Gasteiger partial charge in [0.2, 0.25) is 0 Å². The average molecular weight is 382 g/mol. The minimum Gasteiger partial charge on any atom is -0.362 e. The third-order valence-electron chi connectivity index (χ3n) is 3.12. The number of hydrogen-bond acceptors (Lipinski definition) is 2. The Kier molecular flexibility index (Phi) is 6.27. The highest BCUT2D eigenvalue weighted by Gasteiger charge is 2.03. The predicted octanol–water partition coefficient (Wildman–Crippen LogP) is 4.21. The molecule has 3 nitrogen and oxygen atoms in total. The van der Waals surface area contributed by atoms with Gasteiger partial charge >= 0.3 is 0 Å². The van der Waals surface area contributed by atoms with Gasteiger partial charge in [0, 0.05) is 17.2 Å². The van der Waals surface area contributed by atoms with Crippen molar-refractivity contribution in [3.05, 3.63) is 57.9 Å². The molecule has 116 valence electrons. The average Bonchev–Trinajstić information content (AvgIpc) is 2.48. The minimum absolute atomic E-state index is 0.204. The molecule has 6 heteroatoms. The molecular weight excluding hydrogens is 365 g/mol. The Morgan fingerprint density at radius 3 is 2.73 bits per heavy atom. The van der Waals surface area contributed by atoms with Crippen molar-refractivity contribution in [3.63, 3.8) is 0 Å². The van der Waals surface area contributed by atoms with Crippen molar-refractivity contribution in [2.24, 2.45) is 0 Å². The molecule has 0 spiro atoms. The van der Waals surface area contributed by atoms with Crippen LogP contribution in [0.3, 0.4) is 0 Å². The normalized spacial score (nSPS) is 10.3. The van der Waals surface area contributed by atoms with E-state index in [1.165, 1.54) is 12.1 Å². The van der Waals surface area contributed by atoms with E-state index in [9.17, 15) is 4.39 Å². The van der Waals surface area contributed by atoms with Crippen molar-refractivity contribution in [1.29, 1.82) is 0 Å². The molecule has 1 aromatic carbocycles. The Morgan fingerprint density at radius 2 is 2.05 bits per heavy atom. The van der Waals surface area contributed by atoms with Crippen LogP contribution < -0.4 is 10.6 Å². The highest BCUT2D eigenvalue weighted by molar-refractivity contribution is 9.10. The molecule has 0 aliphatic heterocycles. The Balaban J connectivity index is 1.72. The molecule has 1 aromatic heterocycles. The molecule has 0 aliphatic rings. The summed E-state index contributed by atoms with van der Waals surface area (Å²) in [4.78, 5) is 4.28. The fourth-order valence-corrected chi connectivity index (χ4v) is 2.61. The van der Waals surface area contributed by atoms with Gasteiger partial charge in [-0.3, -0.25) is 0 Å². The molecule has 0 aliphatic carbocycles. The number of aromatic nitrogens is 1. The summed E-state index contributed by atoms with van der Waals surface area (Å²) in [5.74, 6) is 0.545.